The molecule has 9 heteroatoms. The van der Waals surface area contributed by atoms with Crippen LogP contribution in [0.1, 0.15) is 37.8 Å². The highest BCUT2D eigenvalue weighted by molar-refractivity contribution is 8.00. The van der Waals surface area contributed by atoms with E-state index in [1.807, 2.05) is 36.1 Å². The lowest BCUT2D eigenvalue weighted by Gasteiger charge is -2.24. The van der Waals surface area contributed by atoms with Crippen LogP contribution in [-0.2, 0) is 21.2 Å². The fourth-order valence-electron chi connectivity index (χ4n) is 3.93. The smallest absolute Gasteiger partial charge is 0.317 e. The van der Waals surface area contributed by atoms with Gasteiger partial charge in [0.2, 0.25) is 0 Å². The Balaban J connectivity index is 1.71. The highest BCUT2D eigenvalue weighted by Gasteiger charge is 2.34. The monoisotopic (exact) mass is 448 g/mol. The fraction of sp³-hybridized carbons (Fsp3) is 0.545. The van der Waals surface area contributed by atoms with Crippen LogP contribution in [0.15, 0.2) is 34.2 Å². The fourth-order valence-corrected chi connectivity index (χ4v) is 5.41. The molecular formula is C22H32N4O4S. The summed E-state index contributed by atoms with van der Waals surface area (Å²) in [6, 6.07) is 7.52. The first-order valence-corrected chi connectivity index (χ1v) is 12.2. The number of nitrogens with one attached hydrogen (secondary N) is 1. The van der Waals surface area contributed by atoms with Gasteiger partial charge < -0.3 is 19.9 Å². The standard InChI is InChI=1S/C22H32N4O4S/c1-4-18-7-9-19(10-8-18)20-17(2)21(24-31(20,28)29)25-12-6-13-26(15-14-25)22(27)23-11-5-16-30-3/h7-10H,4-6,11-16H2,1-3H3,(H,23,27). The number of rotatable bonds is 6. The van der Waals surface area contributed by atoms with Crippen molar-refractivity contribution >= 4 is 26.8 Å². The summed E-state index contributed by atoms with van der Waals surface area (Å²) in [5, 5.41) is 2.91. The van der Waals surface area contributed by atoms with Crippen LogP contribution in [0.3, 0.4) is 0 Å². The van der Waals surface area contributed by atoms with Crippen molar-refractivity contribution in [2.75, 3.05) is 46.4 Å². The summed E-state index contributed by atoms with van der Waals surface area (Å²) in [6.07, 6.45) is 2.41. The highest BCUT2D eigenvalue weighted by atomic mass is 32.2. The Morgan fingerprint density at radius 2 is 1.90 bits per heavy atom. The summed E-state index contributed by atoms with van der Waals surface area (Å²) in [5.41, 5.74) is 2.49. The molecule has 2 amide bonds. The Hall–Kier alpha value is -2.39. The Morgan fingerprint density at radius 3 is 2.58 bits per heavy atom. The molecule has 0 saturated carbocycles. The van der Waals surface area contributed by atoms with Crippen LogP contribution in [0.25, 0.3) is 4.91 Å². The molecule has 1 aromatic rings. The van der Waals surface area contributed by atoms with Gasteiger partial charge in [-0.05, 0) is 37.3 Å². The number of methoxy groups -OCH3 is 1. The van der Waals surface area contributed by atoms with E-state index in [2.05, 4.69) is 16.6 Å². The van der Waals surface area contributed by atoms with Gasteiger partial charge in [0.05, 0.1) is 0 Å². The maximum Gasteiger partial charge on any atom is 0.317 e. The molecular weight excluding hydrogens is 416 g/mol. The minimum atomic E-state index is -3.75. The lowest BCUT2D eigenvalue weighted by Crippen LogP contribution is -2.43. The van der Waals surface area contributed by atoms with E-state index in [-0.39, 0.29) is 10.9 Å². The topological polar surface area (TPSA) is 91.3 Å². The Bertz CT molecular complexity index is 954. The number of aryl methyl sites for hydroxylation is 1. The number of hydrogen-bond acceptors (Lipinski definition) is 5. The molecule has 3 rings (SSSR count). The second-order valence-electron chi connectivity index (χ2n) is 7.80. The van der Waals surface area contributed by atoms with Crippen LogP contribution in [0.4, 0.5) is 4.79 Å². The van der Waals surface area contributed by atoms with E-state index in [4.69, 9.17) is 4.74 Å². The Morgan fingerprint density at radius 1 is 1.16 bits per heavy atom. The molecule has 1 aromatic carbocycles. The van der Waals surface area contributed by atoms with Crippen molar-refractivity contribution in [3.63, 3.8) is 0 Å². The van der Waals surface area contributed by atoms with Gasteiger partial charge in [-0.15, -0.1) is 4.40 Å². The molecule has 2 aliphatic rings. The van der Waals surface area contributed by atoms with Crippen molar-refractivity contribution in [1.29, 1.82) is 0 Å². The second-order valence-corrected chi connectivity index (χ2v) is 9.34. The van der Waals surface area contributed by atoms with Crippen molar-refractivity contribution in [3.05, 3.63) is 41.0 Å². The van der Waals surface area contributed by atoms with E-state index < -0.39 is 10.0 Å². The third-order valence-electron chi connectivity index (χ3n) is 5.65. The number of sulfonamides is 1. The second kappa shape index (κ2) is 10.3. The SMILES string of the molecule is CCc1ccc(C2=C(C)C(N3CCCN(C(=O)NCCCOC)CC3)=NS2(=O)=O)cc1. The van der Waals surface area contributed by atoms with Crippen molar-refractivity contribution in [2.45, 2.75) is 33.1 Å². The molecule has 1 N–H and O–H groups in total. The third kappa shape index (κ3) is 5.46. The van der Waals surface area contributed by atoms with Crippen LogP contribution in [0.5, 0.6) is 0 Å². The van der Waals surface area contributed by atoms with Crippen LogP contribution in [0.2, 0.25) is 0 Å². The highest BCUT2D eigenvalue weighted by Crippen LogP contribution is 2.34. The zero-order valence-electron chi connectivity index (χ0n) is 18.6. The first kappa shape index (κ1) is 23.3. The molecule has 2 heterocycles. The van der Waals surface area contributed by atoms with Crippen LogP contribution in [-0.4, -0.2) is 76.5 Å². The van der Waals surface area contributed by atoms with E-state index in [9.17, 15) is 13.2 Å². The van der Waals surface area contributed by atoms with Crippen molar-refractivity contribution in [1.82, 2.24) is 15.1 Å². The summed E-state index contributed by atoms with van der Waals surface area (Å²) in [6.45, 7) is 7.40. The molecule has 31 heavy (non-hydrogen) atoms. The van der Waals surface area contributed by atoms with Gasteiger partial charge in [-0.3, -0.25) is 0 Å². The van der Waals surface area contributed by atoms with Crippen LogP contribution in [0, 0.1) is 0 Å². The Kier molecular flexibility index (Phi) is 7.72. The predicted molar refractivity (Wildman–Crippen MR) is 122 cm³/mol. The van der Waals surface area contributed by atoms with Crippen molar-refractivity contribution in [3.8, 4) is 0 Å². The van der Waals surface area contributed by atoms with Gasteiger partial charge in [-0.1, -0.05) is 31.2 Å². The van der Waals surface area contributed by atoms with Gasteiger partial charge in [0.1, 0.15) is 10.7 Å². The van der Waals surface area contributed by atoms with Crippen LogP contribution < -0.4 is 5.32 Å². The van der Waals surface area contributed by atoms with Crippen molar-refractivity contribution < 1.29 is 17.9 Å². The number of carbonyl (C=O) groups is 1. The van der Waals surface area contributed by atoms with Gasteiger partial charge in [-0.25, -0.2) is 4.79 Å². The molecule has 0 aliphatic carbocycles. The van der Waals surface area contributed by atoms with E-state index >= 15 is 0 Å². The molecule has 2 aliphatic heterocycles. The number of hydrogen-bond donors (Lipinski definition) is 1. The van der Waals surface area contributed by atoms with Crippen molar-refractivity contribution in [2.24, 2.45) is 4.40 Å². The minimum absolute atomic E-state index is 0.0945. The molecule has 8 nitrogen and oxygen atoms in total. The maximum absolute atomic E-state index is 12.9. The number of nitrogens with zero attached hydrogens (tertiary/aromatic N) is 3. The molecule has 1 saturated heterocycles. The molecule has 1 fully saturated rings. The summed E-state index contributed by atoms with van der Waals surface area (Å²) in [7, 11) is -2.11. The van der Waals surface area contributed by atoms with Gasteiger partial charge in [0.15, 0.2) is 0 Å². The first-order chi connectivity index (χ1) is 14.9. The quantitative estimate of drug-likeness (QED) is 0.675. The summed E-state index contributed by atoms with van der Waals surface area (Å²) in [4.78, 5) is 16.5. The summed E-state index contributed by atoms with van der Waals surface area (Å²) in [5.74, 6) is 0.497. The lowest BCUT2D eigenvalue weighted by molar-refractivity contribution is 0.186. The Labute approximate surface area is 185 Å². The first-order valence-electron chi connectivity index (χ1n) is 10.8. The molecule has 0 radical (unpaired) electrons. The van der Waals surface area contributed by atoms with Crippen LogP contribution >= 0.6 is 0 Å². The zero-order chi connectivity index (χ0) is 22.4. The lowest BCUT2D eigenvalue weighted by atomic mass is 10.1. The average Bonchev–Trinajstić information content (AvgIpc) is 2.91. The molecule has 170 valence electrons. The van der Waals surface area contributed by atoms with Gasteiger partial charge in [-0.2, -0.15) is 8.42 Å². The number of amidine groups is 1. The zero-order valence-corrected chi connectivity index (χ0v) is 19.4. The van der Waals surface area contributed by atoms with E-state index in [0.717, 1.165) is 24.8 Å². The van der Waals surface area contributed by atoms with E-state index in [0.29, 0.717) is 56.3 Å². The number of amides is 2. The molecule has 0 atom stereocenters. The number of ether oxygens (including phenoxy) is 1. The van der Waals surface area contributed by atoms with Gasteiger partial charge in [0, 0.05) is 52.0 Å². The molecule has 0 spiro atoms. The predicted octanol–water partition coefficient (Wildman–Crippen LogP) is 2.48. The number of urea groups is 1. The number of carbonyl (C=O) groups excluding carboxylic acids is 1. The third-order valence-corrected chi connectivity index (χ3v) is 7.12. The van der Waals surface area contributed by atoms with Gasteiger partial charge >= 0.3 is 6.03 Å². The summed E-state index contributed by atoms with van der Waals surface area (Å²) < 4.78 is 34.8. The molecule has 0 bridgehead atoms. The minimum Gasteiger partial charge on any atom is -0.385 e. The van der Waals surface area contributed by atoms with Gasteiger partial charge in [0.25, 0.3) is 10.0 Å². The molecule has 0 unspecified atom stereocenters. The summed E-state index contributed by atoms with van der Waals surface area (Å²) >= 11 is 0. The molecule has 0 aromatic heterocycles. The van der Waals surface area contributed by atoms with E-state index in [1.54, 1.807) is 12.0 Å². The average molecular weight is 449 g/mol. The van der Waals surface area contributed by atoms with E-state index in [1.165, 1.54) is 0 Å². The normalized spacial score (nSPS) is 18.7. The largest absolute Gasteiger partial charge is 0.385 e. The number of benzene rings is 1. The maximum atomic E-state index is 12.9.